The molecule has 30 heavy (non-hydrogen) atoms. The minimum atomic E-state index is -0.463. The summed E-state index contributed by atoms with van der Waals surface area (Å²) in [7, 11) is 0. The lowest BCUT2D eigenvalue weighted by atomic mass is 10.1. The Morgan fingerprint density at radius 1 is 0.900 bits per heavy atom. The lowest BCUT2D eigenvalue weighted by molar-refractivity contribution is 0.0949. The number of hydrogen-bond donors (Lipinski definition) is 2. The van der Waals surface area contributed by atoms with Gasteiger partial charge in [-0.25, -0.2) is 0 Å². The number of aromatic amines is 1. The van der Waals surface area contributed by atoms with Gasteiger partial charge < -0.3 is 19.5 Å². The van der Waals surface area contributed by atoms with E-state index in [1.807, 2.05) is 54.6 Å². The number of aromatic nitrogens is 1. The number of pyridine rings is 1. The molecule has 0 spiro atoms. The van der Waals surface area contributed by atoms with Crippen LogP contribution in [0.4, 0.5) is 0 Å². The number of furan rings is 1. The average Bonchev–Trinajstić information content (AvgIpc) is 3.32. The molecule has 0 aliphatic heterocycles. The minimum Gasteiger partial charge on any atom is -0.489 e. The molecule has 0 aliphatic rings. The van der Waals surface area contributed by atoms with Crippen molar-refractivity contribution in [1.82, 2.24) is 10.3 Å². The van der Waals surface area contributed by atoms with Crippen LogP contribution in [-0.2, 0) is 13.2 Å². The molecule has 2 heterocycles. The van der Waals surface area contributed by atoms with Crippen molar-refractivity contribution in [2.75, 3.05) is 0 Å². The SMILES string of the molecule is O=C(NCc1ccc(COc2ccccc2)cc1)c1ccc(-c2ccco2)[nH]c1=O. The van der Waals surface area contributed by atoms with Crippen LogP contribution < -0.4 is 15.6 Å². The number of carbonyl (C=O) groups excluding carboxylic acids is 1. The van der Waals surface area contributed by atoms with Crippen molar-refractivity contribution in [3.8, 4) is 17.2 Å². The van der Waals surface area contributed by atoms with Gasteiger partial charge >= 0.3 is 0 Å². The summed E-state index contributed by atoms with van der Waals surface area (Å²) in [5.74, 6) is 0.922. The number of benzene rings is 2. The van der Waals surface area contributed by atoms with Crippen molar-refractivity contribution in [2.24, 2.45) is 0 Å². The Hall–Kier alpha value is -4.06. The Morgan fingerprint density at radius 2 is 1.67 bits per heavy atom. The first-order valence-electron chi connectivity index (χ1n) is 9.50. The fourth-order valence-corrected chi connectivity index (χ4v) is 2.94. The molecule has 2 aromatic heterocycles. The van der Waals surface area contributed by atoms with Crippen molar-refractivity contribution >= 4 is 5.91 Å². The minimum absolute atomic E-state index is 0.0539. The Labute approximate surface area is 173 Å². The van der Waals surface area contributed by atoms with Crippen molar-refractivity contribution in [2.45, 2.75) is 13.2 Å². The van der Waals surface area contributed by atoms with Crippen LogP contribution in [0.15, 0.2) is 94.3 Å². The zero-order valence-electron chi connectivity index (χ0n) is 16.1. The van der Waals surface area contributed by atoms with E-state index in [0.717, 1.165) is 16.9 Å². The first-order chi connectivity index (χ1) is 14.7. The molecule has 150 valence electrons. The molecule has 0 saturated heterocycles. The van der Waals surface area contributed by atoms with E-state index < -0.39 is 11.5 Å². The number of para-hydroxylation sites is 1. The molecular formula is C24H20N2O4. The van der Waals surface area contributed by atoms with Crippen molar-refractivity contribution in [1.29, 1.82) is 0 Å². The largest absolute Gasteiger partial charge is 0.489 e. The predicted octanol–water partition coefficient (Wildman–Crippen LogP) is 4.14. The van der Waals surface area contributed by atoms with Gasteiger partial charge in [-0.3, -0.25) is 9.59 Å². The van der Waals surface area contributed by atoms with E-state index in [2.05, 4.69) is 10.3 Å². The molecule has 1 amide bonds. The molecule has 6 heteroatoms. The lowest BCUT2D eigenvalue weighted by Gasteiger charge is -2.08. The number of amides is 1. The van der Waals surface area contributed by atoms with Gasteiger partial charge in [-0.1, -0.05) is 42.5 Å². The Kier molecular flexibility index (Phi) is 5.75. The number of carbonyl (C=O) groups is 1. The third-order valence-corrected chi connectivity index (χ3v) is 4.57. The number of rotatable bonds is 7. The van der Waals surface area contributed by atoms with Crippen LogP contribution >= 0.6 is 0 Å². The maximum absolute atomic E-state index is 12.4. The molecule has 0 bridgehead atoms. The van der Waals surface area contributed by atoms with E-state index in [-0.39, 0.29) is 5.56 Å². The maximum Gasteiger partial charge on any atom is 0.261 e. The quantitative estimate of drug-likeness (QED) is 0.488. The molecule has 4 aromatic rings. The molecule has 0 atom stereocenters. The summed E-state index contributed by atoms with van der Waals surface area (Å²) in [4.78, 5) is 27.3. The maximum atomic E-state index is 12.4. The summed E-state index contributed by atoms with van der Waals surface area (Å²) in [5.41, 5.74) is 2.07. The van der Waals surface area contributed by atoms with Gasteiger partial charge in [0.05, 0.1) is 12.0 Å². The third-order valence-electron chi connectivity index (χ3n) is 4.57. The van der Waals surface area contributed by atoms with Crippen LogP contribution in [0.1, 0.15) is 21.5 Å². The van der Waals surface area contributed by atoms with E-state index in [1.54, 1.807) is 18.2 Å². The van der Waals surface area contributed by atoms with E-state index in [1.165, 1.54) is 12.3 Å². The van der Waals surface area contributed by atoms with Gasteiger partial charge in [-0.15, -0.1) is 0 Å². The van der Waals surface area contributed by atoms with Crippen LogP contribution in [-0.4, -0.2) is 10.9 Å². The van der Waals surface area contributed by atoms with E-state index in [0.29, 0.717) is 24.6 Å². The van der Waals surface area contributed by atoms with Gasteiger partial charge in [0.1, 0.15) is 23.7 Å². The molecule has 2 N–H and O–H groups in total. The summed E-state index contributed by atoms with van der Waals surface area (Å²) in [6.07, 6.45) is 1.52. The number of nitrogens with one attached hydrogen (secondary N) is 2. The van der Waals surface area contributed by atoms with E-state index in [4.69, 9.17) is 9.15 Å². The fourth-order valence-electron chi connectivity index (χ4n) is 2.94. The highest BCUT2D eigenvalue weighted by Gasteiger charge is 2.12. The van der Waals surface area contributed by atoms with Gasteiger partial charge in [0.2, 0.25) is 0 Å². The normalized spacial score (nSPS) is 10.5. The highest BCUT2D eigenvalue weighted by Crippen LogP contribution is 2.16. The summed E-state index contributed by atoms with van der Waals surface area (Å²) in [5, 5.41) is 2.77. The second kappa shape index (κ2) is 8.96. The fraction of sp³-hybridized carbons (Fsp3) is 0.0833. The molecule has 0 radical (unpaired) electrons. The summed E-state index contributed by atoms with van der Waals surface area (Å²) in [6, 6.07) is 24.0. The van der Waals surface area contributed by atoms with Crippen molar-refractivity contribution in [3.05, 3.63) is 112 Å². The topological polar surface area (TPSA) is 84.3 Å². The first kappa shape index (κ1) is 19.3. The van der Waals surface area contributed by atoms with Crippen LogP contribution in [0.2, 0.25) is 0 Å². The summed E-state index contributed by atoms with van der Waals surface area (Å²) >= 11 is 0. The van der Waals surface area contributed by atoms with Crippen LogP contribution in [0.3, 0.4) is 0 Å². The molecule has 2 aromatic carbocycles. The van der Waals surface area contributed by atoms with Crippen LogP contribution in [0, 0.1) is 0 Å². The van der Waals surface area contributed by atoms with Gasteiger partial charge in [0.25, 0.3) is 11.5 Å². The molecule has 0 unspecified atom stereocenters. The monoisotopic (exact) mass is 400 g/mol. The van der Waals surface area contributed by atoms with Gasteiger partial charge in [-0.05, 0) is 47.5 Å². The van der Waals surface area contributed by atoms with E-state index >= 15 is 0 Å². The number of H-pyrrole nitrogens is 1. The summed E-state index contributed by atoms with van der Waals surface area (Å²) in [6.45, 7) is 0.784. The van der Waals surface area contributed by atoms with Gasteiger partial charge in [0.15, 0.2) is 0 Å². The Bertz CT molecular complexity index is 1160. The average molecular weight is 400 g/mol. The molecule has 0 aliphatic carbocycles. The third kappa shape index (κ3) is 4.67. The van der Waals surface area contributed by atoms with Crippen LogP contribution in [0.5, 0.6) is 5.75 Å². The zero-order valence-corrected chi connectivity index (χ0v) is 16.1. The molecule has 6 nitrogen and oxygen atoms in total. The van der Waals surface area contributed by atoms with Crippen molar-refractivity contribution in [3.63, 3.8) is 0 Å². The van der Waals surface area contributed by atoms with Crippen molar-refractivity contribution < 1.29 is 13.9 Å². The van der Waals surface area contributed by atoms with Gasteiger partial charge in [-0.2, -0.15) is 0 Å². The van der Waals surface area contributed by atoms with Gasteiger partial charge in [0, 0.05) is 6.54 Å². The highest BCUT2D eigenvalue weighted by atomic mass is 16.5. The van der Waals surface area contributed by atoms with E-state index in [9.17, 15) is 9.59 Å². The second-order valence-corrected chi connectivity index (χ2v) is 6.69. The lowest BCUT2D eigenvalue weighted by Crippen LogP contribution is -2.29. The zero-order chi connectivity index (χ0) is 20.8. The standard InChI is InChI=1S/C24H20N2O4/c27-23(20-12-13-21(26-24(20)28)22-7-4-14-29-22)25-15-17-8-10-18(11-9-17)16-30-19-5-2-1-3-6-19/h1-14H,15-16H2,(H,25,27)(H,26,28). The number of hydrogen-bond acceptors (Lipinski definition) is 4. The first-order valence-corrected chi connectivity index (χ1v) is 9.50. The van der Waals surface area contributed by atoms with Crippen LogP contribution in [0.25, 0.3) is 11.5 Å². The highest BCUT2D eigenvalue weighted by molar-refractivity contribution is 5.94. The molecular weight excluding hydrogens is 380 g/mol. The molecule has 4 rings (SSSR count). The predicted molar refractivity (Wildman–Crippen MR) is 113 cm³/mol. The summed E-state index contributed by atoms with van der Waals surface area (Å²) < 4.78 is 11.0. The molecule has 0 fully saturated rings. The Morgan fingerprint density at radius 3 is 2.37 bits per heavy atom. The number of ether oxygens (including phenoxy) is 1. The smallest absolute Gasteiger partial charge is 0.261 e. The Balaban J connectivity index is 1.33. The second-order valence-electron chi connectivity index (χ2n) is 6.69. The molecule has 0 saturated carbocycles.